The second-order valence-electron chi connectivity index (χ2n) is 6.31. The molecule has 2 rings (SSSR count). The van der Waals surface area contributed by atoms with Crippen molar-refractivity contribution in [2.75, 3.05) is 40.8 Å². The Morgan fingerprint density at radius 1 is 1.25 bits per heavy atom. The van der Waals surface area contributed by atoms with Gasteiger partial charge in [-0.3, -0.25) is 14.5 Å². The van der Waals surface area contributed by atoms with E-state index in [0.29, 0.717) is 6.54 Å². The number of carbonyl (C=O) groups excluding carboxylic acids is 3. The first-order valence-electron chi connectivity index (χ1n) is 7.84. The summed E-state index contributed by atoms with van der Waals surface area (Å²) < 4.78 is 0. The topological polar surface area (TPSA) is 73.0 Å². The van der Waals surface area contributed by atoms with Gasteiger partial charge in [0.15, 0.2) is 0 Å². The molecule has 24 heavy (non-hydrogen) atoms. The summed E-state index contributed by atoms with van der Waals surface area (Å²) in [5.41, 5.74) is 2.27. The first-order valence-corrected chi connectivity index (χ1v) is 7.84. The second-order valence-corrected chi connectivity index (χ2v) is 6.31. The number of nitrogens with zero attached hydrogens (tertiary/aromatic N) is 3. The van der Waals surface area contributed by atoms with Crippen LogP contribution in [0.15, 0.2) is 24.3 Å². The molecule has 1 atom stereocenters. The monoisotopic (exact) mass is 332 g/mol. The Balaban J connectivity index is 1.94. The van der Waals surface area contributed by atoms with E-state index < -0.39 is 6.03 Å². The Kier molecular flexibility index (Phi) is 5.56. The van der Waals surface area contributed by atoms with E-state index in [1.807, 2.05) is 50.2 Å². The zero-order valence-electron chi connectivity index (χ0n) is 14.6. The van der Waals surface area contributed by atoms with Gasteiger partial charge in [0.25, 0.3) is 5.91 Å². The van der Waals surface area contributed by atoms with Crippen LogP contribution in [-0.2, 0) is 9.59 Å². The second kappa shape index (κ2) is 7.44. The maximum Gasteiger partial charge on any atom is 0.327 e. The molecule has 1 aliphatic heterocycles. The first-order chi connectivity index (χ1) is 11.3. The van der Waals surface area contributed by atoms with Crippen molar-refractivity contribution in [3.05, 3.63) is 35.4 Å². The van der Waals surface area contributed by atoms with Crippen LogP contribution in [0.1, 0.15) is 17.2 Å². The van der Waals surface area contributed by atoms with Gasteiger partial charge >= 0.3 is 6.03 Å². The average molecular weight is 332 g/mol. The summed E-state index contributed by atoms with van der Waals surface area (Å²) >= 11 is 0. The standard InChI is InChI=1S/C17H24N4O3/c1-12-5-7-13(8-6-12)14(19(2)3)9-18-15(22)10-21-16(23)11-20(4)17(21)24/h5-8,14H,9-11H2,1-4H3,(H,18,22). The van der Waals surface area contributed by atoms with Crippen molar-refractivity contribution in [1.29, 1.82) is 0 Å². The van der Waals surface area contributed by atoms with Gasteiger partial charge in [0.1, 0.15) is 13.1 Å². The molecule has 0 radical (unpaired) electrons. The number of imide groups is 1. The number of rotatable bonds is 6. The molecule has 1 saturated heterocycles. The molecular formula is C17H24N4O3. The minimum atomic E-state index is -0.433. The van der Waals surface area contributed by atoms with Crippen LogP contribution < -0.4 is 5.32 Å². The predicted molar refractivity (Wildman–Crippen MR) is 90.4 cm³/mol. The Bertz CT molecular complexity index is 627. The number of urea groups is 1. The number of amides is 4. The van der Waals surface area contributed by atoms with Crippen LogP contribution >= 0.6 is 0 Å². The summed E-state index contributed by atoms with van der Waals surface area (Å²) in [6.07, 6.45) is 0. The van der Waals surface area contributed by atoms with Crippen molar-refractivity contribution in [2.24, 2.45) is 0 Å². The fourth-order valence-electron chi connectivity index (χ4n) is 2.62. The molecule has 1 N–H and O–H groups in total. The minimum absolute atomic E-state index is 0.0159. The van der Waals surface area contributed by atoms with E-state index in [0.717, 1.165) is 10.5 Å². The van der Waals surface area contributed by atoms with E-state index in [1.165, 1.54) is 17.5 Å². The lowest BCUT2D eigenvalue weighted by atomic mass is 10.0. The number of nitrogens with one attached hydrogen (secondary N) is 1. The van der Waals surface area contributed by atoms with E-state index in [2.05, 4.69) is 5.32 Å². The number of carbonyl (C=O) groups is 3. The summed E-state index contributed by atoms with van der Waals surface area (Å²) in [5.74, 6) is -0.689. The van der Waals surface area contributed by atoms with Crippen molar-refractivity contribution in [1.82, 2.24) is 20.0 Å². The highest BCUT2D eigenvalue weighted by Gasteiger charge is 2.34. The minimum Gasteiger partial charge on any atom is -0.353 e. The van der Waals surface area contributed by atoms with Crippen molar-refractivity contribution in [3.63, 3.8) is 0 Å². The molecule has 7 nitrogen and oxygen atoms in total. The Morgan fingerprint density at radius 2 is 1.88 bits per heavy atom. The van der Waals surface area contributed by atoms with Crippen molar-refractivity contribution in [3.8, 4) is 0 Å². The molecule has 0 aromatic heterocycles. The smallest absolute Gasteiger partial charge is 0.327 e. The van der Waals surface area contributed by atoms with E-state index in [4.69, 9.17) is 0 Å². The Labute approximate surface area is 142 Å². The van der Waals surface area contributed by atoms with E-state index in [-0.39, 0.29) is 30.9 Å². The molecule has 1 aromatic carbocycles. The van der Waals surface area contributed by atoms with Crippen molar-refractivity contribution < 1.29 is 14.4 Å². The third-order valence-electron chi connectivity index (χ3n) is 4.11. The normalized spacial score (nSPS) is 16.0. The van der Waals surface area contributed by atoms with Gasteiger partial charge in [0.05, 0.1) is 6.04 Å². The molecule has 0 bridgehead atoms. The maximum atomic E-state index is 12.1. The lowest BCUT2D eigenvalue weighted by molar-refractivity contribution is -0.130. The summed E-state index contributed by atoms with van der Waals surface area (Å²) in [4.78, 5) is 39.9. The molecular weight excluding hydrogens is 308 g/mol. The lowest BCUT2D eigenvalue weighted by Gasteiger charge is -2.25. The van der Waals surface area contributed by atoms with Crippen LogP contribution in [0.4, 0.5) is 4.79 Å². The van der Waals surface area contributed by atoms with Crippen LogP contribution in [0.2, 0.25) is 0 Å². The van der Waals surface area contributed by atoms with Gasteiger partial charge in [0, 0.05) is 13.6 Å². The third-order valence-corrected chi connectivity index (χ3v) is 4.11. The third kappa shape index (κ3) is 4.11. The quantitative estimate of drug-likeness (QED) is 0.775. The van der Waals surface area contributed by atoms with E-state index >= 15 is 0 Å². The Morgan fingerprint density at radius 3 is 2.38 bits per heavy atom. The largest absolute Gasteiger partial charge is 0.353 e. The van der Waals surface area contributed by atoms with Gasteiger partial charge in [0.2, 0.25) is 5.91 Å². The molecule has 1 fully saturated rings. The molecule has 7 heteroatoms. The summed E-state index contributed by atoms with van der Waals surface area (Å²) in [5, 5.41) is 2.81. The number of benzene rings is 1. The zero-order chi connectivity index (χ0) is 17.9. The lowest BCUT2D eigenvalue weighted by Crippen LogP contribution is -2.43. The number of likely N-dealkylation sites (N-methyl/N-ethyl adjacent to an activating group) is 2. The molecule has 0 aliphatic carbocycles. The first kappa shape index (κ1) is 17.9. The summed E-state index contributed by atoms with van der Waals surface area (Å²) in [6.45, 7) is 2.21. The Hall–Kier alpha value is -2.41. The molecule has 1 aliphatic rings. The highest BCUT2D eigenvalue weighted by Crippen LogP contribution is 2.18. The molecule has 1 unspecified atom stereocenters. The van der Waals surface area contributed by atoms with Gasteiger partial charge in [-0.1, -0.05) is 29.8 Å². The van der Waals surface area contributed by atoms with Gasteiger partial charge in [-0.15, -0.1) is 0 Å². The fraction of sp³-hybridized carbons (Fsp3) is 0.471. The molecule has 0 saturated carbocycles. The van der Waals surface area contributed by atoms with E-state index in [1.54, 1.807) is 0 Å². The highest BCUT2D eigenvalue weighted by molar-refractivity contribution is 6.04. The molecule has 130 valence electrons. The van der Waals surface area contributed by atoms with Crippen LogP contribution in [0.5, 0.6) is 0 Å². The van der Waals surface area contributed by atoms with Crippen LogP contribution in [0, 0.1) is 6.92 Å². The fourth-order valence-corrected chi connectivity index (χ4v) is 2.62. The van der Waals surface area contributed by atoms with Gasteiger partial charge in [-0.25, -0.2) is 4.79 Å². The van der Waals surface area contributed by atoms with Crippen molar-refractivity contribution >= 4 is 17.8 Å². The SMILES string of the molecule is Cc1ccc(C(CNC(=O)CN2C(=O)CN(C)C2=O)N(C)C)cc1. The van der Waals surface area contributed by atoms with Gasteiger partial charge < -0.3 is 15.1 Å². The number of aryl methyl sites for hydroxylation is 1. The molecule has 4 amide bonds. The van der Waals surface area contributed by atoms with Crippen LogP contribution in [0.3, 0.4) is 0 Å². The molecule has 1 aromatic rings. The molecule has 0 spiro atoms. The number of hydrogen-bond donors (Lipinski definition) is 1. The summed E-state index contributed by atoms with van der Waals surface area (Å²) in [7, 11) is 5.43. The highest BCUT2D eigenvalue weighted by atomic mass is 16.2. The summed E-state index contributed by atoms with van der Waals surface area (Å²) in [6, 6.07) is 7.72. The zero-order valence-corrected chi connectivity index (χ0v) is 14.6. The van der Waals surface area contributed by atoms with Gasteiger partial charge in [-0.2, -0.15) is 0 Å². The van der Waals surface area contributed by atoms with Gasteiger partial charge in [-0.05, 0) is 26.6 Å². The molecule has 1 heterocycles. The maximum absolute atomic E-state index is 12.1. The van der Waals surface area contributed by atoms with E-state index in [9.17, 15) is 14.4 Å². The van der Waals surface area contributed by atoms with Crippen LogP contribution in [0.25, 0.3) is 0 Å². The number of hydrogen-bond acceptors (Lipinski definition) is 4. The predicted octanol–water partition coefficient (Wildman–Crippen LogP) is 0.608. The van der Waals surface area contributed by atoms with Crippen molar-refractivity contribution in [2.45, 2.75) is 13.0 Å². The van der Waals surface area contributed by atoms with Crippen LogP contribution in [-0.4, -0.2) is 73.3 Å². The average Bonchev–Trinajstić information content (AvgIpc) is 2.75.